The van der Waals surface area contributed by atoms with Gasteiger partial charge in [-0.2, -0.15) is 0 Å². The van der Waals surface area contributed by atoms with Gasteiger partial charge in [-0.05, 0) is 128 Å². The molecular formula is C74H117NO8. The molecule has 0 saturated carbocycles. The van der Waals surface area contributed by atoms with Crippen molar-refractivity contribution >= 4 is 17.9 Å². The van der Waals surface area contributed by atoms with Crippen molar-refractivity contribution in [3.8, 4) is 0 Å². The predicted molar refractivity (Wildman–Crippen MR) is 351 cm³/mol. The number of likely N-dealkylation sites (N-methyl/N-ethyl adjacent to an activating group) is 1. The van der Waals surface area contributed by atoms with E-state index in [1.54, 1.807) is 0 Å². The summed E-state index contributed by atoms with van der Waals surface area (Å²) in [6, 6.07) is 0. The molecule has 83 heavy (non-hydrogen) atoms. The van der Waals surface area contributed by atoms with Crippen LogP contribution in [0.15, 0.2) is 170 Å². The van der Waals surface area contributed by atoms with E-state index in [4.69, 9.17) is 18.9 Å². The molecule has 2 atom stereocenters. The minimum absolute atomic E-state index is 0.131. The third-order valence-corrected chi connectivity index (χ3v) is 13.0. The number of aliphatic carboxylic acids is 1. The van der Waals surface area contributed by atoms with Crippen molar-refractivity contribution in [2.45, 2.75) is 232 Å². The van der Waals surface area contributed by atoms with E-state index in [-0.39, 0.29) is 32.7 Å². The first-order valence-corrected chi connectivity index (χ1v) is 32.3. The normalized spacial score (nSPS) is 13.9. The van der Waals surface area contributed by atoms with Crippen LogP contribution in [0, 0.1) is 0 Å². The topological polar surface area (TPSA) is 111 Å². The van der Waals surface area contributed by atoms with E-state index in [0.29, 0.717) is 23.9 Å². The highest BCUT2D eigenvalue weighted by atomic mass is 16.7. The van der Waals surface area contributed by atoms with Crippen molar-refractivity contribution in [2.24, 2.45) is 0 Å². The molecule has 9 nitrogen and oxygen atoms in total. The van der Waals surface area contributed by atoms with Gasteiger partial charge >= 0.3 is 11.9 Å². The Labute approximate surface area is 507 Å². The van der Waals surface area contributed by atoms with Crippen molar-refractivity contribution in [3.05, 3.63) is 170 Å². The molecule has 0 N–H and O–H groups in total. The van der Waals surface area contributed by atoms with E-state index in [1.165, 1.54) is 51.4 Å². The Balaban J connectivity index is 4.24. The predicted octanol–water partition coefficient (Wildman–Crippen LogP) is 18.6. The molecule has 9 heteroatoms. The van der Waals surface area contributed by atoms with Gasteiger partial charge in [0.1, 0.15) is 13.2 Å². The fourth-order valence-corrected chi connectivity index (χ4v) is 8.08. The average Bonchev–Trinajstić information content (AvgIpc) is 3.46. The van der Waals surface area contributed by atoms with Crippen LogP contribution in [0.3, 0.4) is 0 Å². The molecular weight excluding hydrogens is 1030 g/mol. The number of carboxylic acids is 1. The number of allylic oxidation sites excluding steroid dienone is 28. The number of quaternary nitrogens is 1. The zero-order valence-corrected chi connectivity index (χ0v) is 53.0. The van der Waals surface area contributed by atoms with Gasteiger partial charge in [-0.1, -0.05) is 248 Å². The van der Waals surface area contributed by atoms with Gasteiger partial charge in [0.2, 0.25) is 0 Å². The monoisotopic (exact) mass is 1150 g/mol. The fraction of sp³-hybridized carbons (Fsp3) is 0.581. The van der Waals surface area contributed by atoms with Gasteiger partial charge in [0.25, 0.3) is 0 Å². The summed E-state index contributed by atoms with van der Waals surface area (Å²) in [5, 5.41) is 11.8. The fourth-order valence-electron chi connectivity index (χ4n) is 8.08. The van der Waals surface area contributed by atoms with Crippen LogP contribution in [0.5, 0.6) is 0 Å². The van der Waals surface area contributed by atoms with E-state index >= 15 is 0 Å². The van der Waals surface area contributed by atoms with E-state index < -0.39 is 30.3 Å². The van der Waals surface area contributed by atoms with Crippen molar-refractivity contribution in [2.75, 3.05) is 47.5 Å². The molecule has 0 aromatic carbocycles. The number of nitrogens with zero attached hydrogens (tertiary/aromatic N) is 1. The van der Waals surface area contributed by atoms with Crippen LogP contribution in [-0.2, 0) is 33.3 Å². The smallest absolute Gasteiger partial charge is 0.306 e. The van der Waals surface area contributed by atoms with Gasteiger partial charge in [-0.3, -0.25) is 9.59 Å². The molecule has 0 fully saturated rings. The molecule has 0 bridgehead atoms. The van der Waals surface area contributed by atoms with Gasteiger partial charge in [-0.15, -0.1) is 0 Å². The summed E-state index contributed by atoms with van der Waals surface area (Å²) in [7, 11) is 5.90. The minimum Gasteiger partial charge on any atom is -0.545 e. The Kier molecular flexibility index (Phi) is 58.6. The highest BCUT2D eigenvalue weighted by Crippen LogP contribution is 2.15. The Morgan fingerprint density at radius 2 is 0.651 bits per heavy atom. The lowest BCUT2D eigenvalue weighted by molar-refractivity contribution is -0.870. The summed E-state index contributed by atoms with van der Waals surface area (Å²) in [6.07, 6.45) is 91.3. The Hall–Kier alpha value is -5.35. The van der Waals surface area contributed by atoms with Crippen LogP contribution in [0.1, 0.15) is 219 Å². The van der Waals surface area contributed by atoms with Crippen molar-refractivity contribution in [3.63, 3.8) is 0 Å². The quantitative estimate of drug-likeness (QED) is 0.0195. The number of ether oxygens (including phenoxy) is 4. The molecule has 0 rings (SSSR count). The van der Waals surface area contributed by atoms with Crippen molar-refractivity contribution in [1.29, 1.82) is 0 Å². The SMILES string of the molecule is CC/C=C\C/C=C\C/C=C\C/C=C\C/C=C\C/C=C\C/C=C\C/C=C\CCCCCCCCCCCCCCC(=O)OC(COC(=O)CCCC/C=C\C/C=C\C/C=C\C/C=C\C/C=C\C/C=C\CC)COC(OCC[N+](C)(C)C)C(=O)[O-]. The Morgan fingerprint density at radius 3 is 0.988 bits per heavy atom. The van der Waals surface area contributed by atoms with Crippen LogP contribution in [-0.4, -0.2) is 82.3 Å². The molecule has 0 aromatic rings. The number of unbranched alkanes of at least 4 members (excludes halogenated alkanes) is 14. The highest BCUT2D eigenvalue weighted by Gasteiger charge is 2.22. The number of hydrogen-bond donors (Lipinski definition) is 0. The molecule has 2 unspecified atom stereocenters. The lowest BCUT2D eigenvalue weighted by atomic mass is 10.0. The third kappa shape index (κ3) is 64.1. The van der Waals surface area contributed by atoms with Gasteiger partial charge in [0, 0.05) is 12.8 Å². The number of rotatable bonds is 57. The zero-order chi connectivity index (χ0) is 60.5. The second-order valence-electron chi connectivity index (χ2n) is 21.9. The van der Waals surface area contributed by atoms with Crippen molar-refractivity contribution in [1.82, 2.24) is 0 Å². The molecule has 0 aromatic heterocycles. The third-order valence-electron chi connectivity index (χ3n) is 13.0. The molecule has 0 radical (unpaired) electrons. The van der Waals surface area contributed by atoms with E-state index in [0.717, 1.165) is 128 Å². The van der Waals surface area contributed by atoms with Crippen LogP contribution in [0.25, 0.3) is 0 Å². The van der Waals surface area contributed by atoms with Crippen LogP contribution < -0.4 is 5.11 Å². The second kappa shape index (κ2) is 62.7. The molecule has 0 amide bonds. The summed E-state index contributed by atoms with van der Waals surface area (Å²) < 4.78 is 22.7. The Morgan fingerprint density at radius 1 is 0.361 bits per heavy atom. The van der Waals surface area contributed by atoms with Gasteiger partial charge in [0.05, 0.1) is 40.3 Å². The maximum atomic E-state index is 12.9. The molecule has 0 spiro atoms. The largest absolute Gasteiger partial charge is 0.545 e. The van der Waals surface area contributed by atoms with Gasteiger partial charge < -0.3 is 33.3 Å². The summed E-state index contributed by atoms with van der Waals surface area (Å²) in [5.74, 6) is -2.36. The molecule has 0 aliphatic heterocycles. The second-order valence-corrected chi connectivity index (χ2v) is 21.9. The van der Waals surface area contributed by atoms with E-state index in [9.17, 15) is 19.5 Å². The highest BCUT2D eigenvalue weighted by molar-refractivity contribution is 5.70. The lowest BCUT2D eigenvalue weighted by Crippen LogP contribution is -2.44. The summed E-state index contributed by atoms with van der Waals surface area (Å²) in [6.45, 7) is 4.44. The van der Waals surface area contributed by atoms with Crippen LogP contribution >= 0.6 is 0 Å². The molecule has 0 saturated heterocycles. The lowest BCUT2D eigenvalue weighted by Gasteiger charge is -2.26. The maximum absolute atomic E-state index is 12.9. The summed E-state index contributed by atoms with van der Waals surface area (Å²) >= 11 is 0. The first-order valence-electron chi connectivity index (χ1n) is 32.3. The van der Waals surface area contributed by atoms with Gasteiger partial charge in [0.15, 0.2) is 12.4 Å². The molecule has 466 valence electrons. The molecule has 0 heterocycles. The molecule has 0 aliphatic carbocycles. The summed E-state index contributed by atoms with van der Waals surface area (Å²) in [4.78, 5) is 37.4. The van der Waals surface area contributed by atoms with Gasteiger partial charge in [-0.25, -0.2) is 0 Å². The number of carbonyl (C=O) groups excluding carboxylic acids is 3. The average molecular weight is 1150 g/mol. The maximum Gasteiger partial charge on any atom is 0.306 e. The van der Waals surface area contributed by atoms with E-state index in [1.807, 2.05) is 21.1 Å². The number of carboxylic acid groups (broad SMARTS) is 1. The van der Waals surface area contributed by atoms with Crippen LogP contribution in [0.4, 0.5) is 0 Å². The standard InChI is InChI=1S/C74H117NO8/c1-6-8-10-12-14-16-18-20-22-24-26-28-29-30-31-32-33-34-35-36-37-38-39-40-41-42-43-45-47-49-51-53-55-57-59-61-63-65-72(77)83-70(69-82-74(73(78)79)80-67-66-75(3,4)5)68-81-71(76)64-62-60-58-56-54-52-50-48-46-44-27-25-23-21-19-17-15-13-11-9-7-2/h8-11,14-17,20-23,26-28,30-31,33-34,36-37,39-40,44,48,50,54,56,70,74H,6-7,12-13,18-19,24-25,29,32,35,38,41-43,45-47,49,51-53,55,57-69H2,1-5H3/b10-8-,11-9-,16-14-,17-15-,22-20-,23-21-,28-26-,31-30-,34-33-,37-36-,40-39-,44-27-,50-48-,56-54-. The number of carbonyl (C=O) groups is 3. The zero-order valence-electron chi connectivity index (χ0n) is 53.0. The number of esters is 2. The van der Waals surface area contributed by atoms with E-state index in [2.05, 4.69) is 184 Å². The number of hydrogen-bond acceptors (Lipinski definition) is 8. The first-order chi connectivity index (χ1) is 40.6. The first kappa shape index (κ1) is 77.7. The minimum atomic E-state index is -1.64. The summed E-state index contributed by atoms with van der Waals surface area (Å²) in [5.41, 5.74) is 0. The Bertz CT molecular complexity index is 1960. The van der Waals surface area contributed by atoms with Crippen LogP contribution in [0.2, 0.25) is 0 Å². The molecule has 0 aliphatic rings. The van der Waals surface area contributed by atoms with Crippen molar-refractivity contribution < 1.29 is 42.9 Å².